The van der Waals surface area contributed by atoms with E-state index in [1.165, 1.54) is 0 Å². The van der Waals surface area contributed by atoms with Crippen LogP contribution in [0, 0.1) is 11.3 Å². The maximum absolute atomic E-state index is 8.76. The third-order valence-corrected chi connectivity index (χ3v) is 2.35. The molecule has 0 spiro atoms. The molecule has 1 rings (SSSR count). The molecule has 0 aromatic heterocycles. The summed E-state index contributed by atoms with van der Waals surface area (Å²) in [6, 6.07) is 9.72. The predicted molar refractivity (Wildman–Crippen MR) is 59.4 cm³/mol. The van der Waals surface area contributed by atoms with Crippen molar-refractivity contribution in [3.8, 4) is 6.07 Å². The van der Waals surface area contributed by atoms with Crippen LogP contribution in [-0.4, -0.2) is 7.11 Å². The second kappa shape index (κ2) is 4.83. The largest absolute Gasteiger partial charge is 0.495 e. The summed E-state index contributed by atoms with van der Waals surface area (Å²) in [5, 5.41) is 8.76. The van der Waals surface area contributed by atoms with E-state index in [1.807, 2.05) is 24.3 Å². The molecule has 14 heavy (non-hydrogen) atoms. The SMILES string of the molecule is CO/C(=C(\C)C#N)c1ccc(Br)cc1. The van der Waals surface area contributed by atoms with Crippen LogP contribution in [0.1, 0.15) is 12.5 Å². The number of methoxy groups -OCH3 is 1. The van der Waals surface area contributed by atoms with Gasteiger partial charge in [-0.2, -0.15) is 5.26 Å². The van der Waals surface area contributed by atoms with E-state index in [2.05, 4.69) is 22.0 Å². The smallest absolute Gasteiger partial charge is 0.139 e. The van der Waals surface area contributed by atoms with Crippen LogP contribution < -0.4 is 0 Å². The highest BCUT2D eigenvalue weighted by molar-refractivity contribution is 9.10. The third kappa shape index (κ3) is 2.36. The summed E-state index contributed by atoms with van der Waals surface area (Å²) < 4.78 is 6.18. The van der Waals surface area contributed by atoms with Crippen molar-refractivity contribution in [3.05, 3.63) is 39.9 Å². The Hall–Kier alpha value is -1.27. The third-order valence-electron chi connectivity index (χ3n) is 1.82. The quantitative estimate of drug-likeness (QED) is 0.597. The van der Waals surface area contributed by atoms with Crippen LogP contribution >= 0.6 is 15.9 Å². The van der Waals surface area contributed by atoms with Gasteiger partial charge in [0.2, 0.25) is 0 Å². The lowest BCUT2D eigenvalue weighted by Gasteiger charge is -2.06. The highest BCUT2D eigenvalue weighted by Crippen LogP contribution is 2.21. The molecule has 0 unspecified atom stereocenters. The molecular weight excluding hydrogens is 242 g/mol. The van der Waals surface area contributed by atoms with Crippen LogP contribution in [0.5, 0.6) is 0 Å². The molecule has 3 heteroatoms. The summed E-state index contributed by atoms with van der Waals surface area (Å²) in [6.07, 6.45) is 0. The molecule has 0 fully saturated rings. The Bertz CT molecular complexity index is 387. The first kappa shape index (κ1) is 10.8. The Morgan fingerprint density at radius 2 is 1.93 bits per heavy atom. The number of allylic oxidation sites excluding steroid dienone is 1. The zero-order valence-corrected chi connectivity index (χ0v) is 9.63. The number of hydrogen-bond donors (Lipinski definition) is 0. The van der Waals surface area contributed by atoms with Gasteiger partial charge in [-0.3, -0.25) is 0 Å². The minimum Gasteiger partial charge on any atom is -0.495 e. The summed E-state index contributed by atoms with van der Waals surface area (Å²) in [5.74, 6) is 0.625. The summed E-state index contributed by atoms with van der Waals surface area (Å²) >= 11 is 3.35. The van der Waals surface area contributed by atoms with Gasteiger partial charge in [-0.05, 0) is 19.1 Å². The van der Waals surface area contributed by atoms with Gasteiger partial charge in [-0.25, -0.2) is 0 Å². The van der Waals surface area contributed by atoms with Crippen molar-refractivity contribution in [2.75, 3.05) is 7.11 Å². The van der Waals surface area contributed by atoms with Crippen molar-refractivity contribution < 1.29 is 4.74 Å². The number of rotatable bonds is 2. The number of nitrogens with zero attached hydrogens (tertiary/aromatic N) is 1. The van der Waals surface area contributed by atoms with Crippen LogP contribution in [0.2, 0.25) is 0 Å². The maximum Gasteiger partial charge on any atom is 0.139 e. The molecule has 0 aliphatic carbocycles. The number of benzene rings is 1. The highest BCUT2D eigenvalue weighted by Gasteiger charge is 2.05. The van der Waals surface area contributed by atoms with Gasteiger partial charge in [0.05, 0.1) is 18.8 Å². The Balaban J connectivity index is 3.16. The van der Waals surface area contributed by atoms with E-state index in [0.29, 0.717) is 11.3 Å². The van der Waals surface area contributed by atoms with Gasteiger partial charge in [0.25, 0.3) is 0 Å². The molecule has 0 saturated carbocycles. The lowest BCUT2D eigenvalue weighted by Crippen LogP contribution is -1.90. The van der Waals surface area contributed by atoms with E-state index < -0.39 is 0 Å². The van der Waals surface area contributed by atoms with E-state index in [4.69, 9.17) is 10.00 Å². The number of halogens is 1. The zero-order chi connectivity index (χ0) is 10.6. The Kier molecular flexibility index (Phi) is 3.73. The predicted octanol–water partition coefficient (Wildman–Crippen LogP) is 3.35. The minimum atomic E-state index is 0.579. The van der Waals surface area contributed by atoms with Crippen LogP contribution in [-0.2, 0) is 4.74 Å². The molecule has 0 aliphatic rings. The van der Waals surface area contributed by atoms with E-state index >= 15 is 0 Å². The first-order valence-corrected chi connectivity index (χ1v) is 4.89. The summed E-state index contributed by atoms with van der Waals surface area (Å²) in [5.41, 5.74) is 1.49. The molecule has 1 aromatic carbocycles. The molecule has 0 aliphatic heterocycles. The molecule has 1 aromatic rings. The fourth-order valence-corrected chi connectivity index (χ4v) is 1.40. The number of nitriles is 1. The van der Waals surface area contributed by atoms with Crippen molar-refractivity contribution in [3.63, 3.8) is 0 Å². The molecule has 0 saturated heterocycles. The lowest BCUT2D eigenvalue weighted by atomic mass is 10.1. The average Bonchev–Trinajstić information content (AvgIpc) is 2.21. The zero-order valence-electron chi connectivity index (χ0n) is 8.04. The molecule has 0 N–H and O–H groups in total. The van der Waals surface area contributed by atoms with Gasteiger partial charge in [-0.15, -0.1) is 0 Å². The van der Waals surface area contributed by atoms with Crippen molar-refractivity contribution in [1.82, 2.24) is 0 Å². The molecule has 72 valence electrons. The van der Waals surface area contributed by atoms with Crippen molar-refractivity contribution >= 4 is 21.7 Å². The molecule has 0 amide bonds. The topological polar surface area (TPSA) is 33.0 Å². The first-order chi connectivity index (χ1) is 6.69. The second-order valence-corrected chi connectivity index (χ2v) is 3.69. The van der Waals surface area contributed by atoms with Gasteiger partial charge in [0.1, 0.15) is 5.76 Å². The average molecular weight is 252 g/mol. The first-order valence-electron chi connectivity index (χ1n) is 4.10. The van der Waals surface area contributed by atoms with E-state index in [1.54, 1.807) is 14.0 Å². The van der Waals surface area contributed by atoms with E-state index in [0.717, 1.165) is 10.0 Å². The fraction of sp³-hybridized carbons (Fsp3) is 0.182. The maximum atomic E-state index is 8.76. The normalized spacial score (nSPS) is 11.6. The van der Waals surface area contributed by atoms with Crippen LogP contribution in [0.3, 0.4) is 0 Å². The Labute approximate surface area is 91.9 Å². The molecule has 0 atom stereocenters. The standard InChI is InChI=1S/C11H10BrNO/c1-8(7-13)11(14-2)9-3-5-10(12)6-4-9/h3-6H,1-2H3/b11-8+. The summed E-state index contributed by atoms with van der Waals surface area (Å²) in [6.45, 7) is 1.74. The van der Waals surface area contributed by atoms with Crippen LogP contribution in [0.15, 0.2) is 34.3 Å². The summed E-state index contributed by atoms with van der Waals surface area (Å²) in [4.78, 5) is 0. The van der Waals surface area contributed by atoms with Crippen molar-refractivity contribution in [2.45, 2.75) is 6.92 Å². The second-order valence-electron chi connectivity index (χ2n) is 2.78. The van der Waals surface area contributed by atoms with Crippen molar-refractivity contribution in [2.24, 2.45) is 0 Å². The minimum absolute atomic E-state index is 0.579. The molecule has 2 nitrogen and oxygen atoms in total. The Morgan fingerprint density at radius 1 is 1.36 bits per heavy atom. The highest BCUT2D eigenvalue weighted by atomic mass is 79.9. The number of hydrogen-bond acceptors (Lipinski definition) is 2. The van der Waals surface area contributed by atoms with Gasteiger partial charge in [0.15, 0.2) is 0 Å². The van der Waals surface area contributed by atoms with Gasteiger partial charge in [0, 0.05) is 10.0 Å². The van der Waals surface area contributed by atoms with Crippen LogP contribution in [0.25, 0.3) is 5.76 Å². The van der Waals surface area contributed by atoms with Gasteiger partial charge >= 0.3 is 0 Å². The summed E-state index contributed by atoms with van der Waals surface area (Å²) in [7, 11) is 1.57. The van der Waals surface area contributed by atoms with Crippen LogP contribution in [0.4, 0.5) is 0 Å². The van der Waals surface area contributed by atoms with Crippen molar-refractivity contribution in [1.29, 1.82) is 5.26 Å². The van der Waals surface area contributed by atoms with Gasteiger partial charge < -0.3 is 4.74 Å². The lowest BCUT2D eigenvalue weighted by molar-refractivity contribution is 0.368. The van der Waals surface area contributed by atoms with E-state index in [9.17, 15) is 0 Å². The molecular formula is C11H10BrNO. The molecule has 0 radical (unpaired) electrons. The van der Waals surface area contributed by atoms with Gasteiger partial charge in [-0.1, -0.05) is 28.1 Å². The fourth-order valence-electron chi connectivity index (χ4n) is 1.14. The monoisotopic (exact) mass is 251 g/mol. The molecule has 0 bridgehead atoms. The van der Waals surface area contributed by atoms with E-state index in [-0.39, 0.29) is 0 Å². The number of ether oxygens (including phenoxy) is 1. The Morgan fingerprint density at radius 3 is 2.36 bits per heavy atom. The molecule has 0 heterocycles.